The number of halogens is 1. The van der Waals surface area contributed by atoms with E-state index in [2.05, 4.69) is 23.6 Å². The Labute approximate surface area is 145 Å². The summed E-state index contributed by atoms with van der Waals surface area (Å²) < 4.78 is 13.0. The molecule has 1 aliphatic heterocycles. The average Bonchev–Trinajstić information content (AvgIpc) is 2.55. The van der Waals surface area contributed by atoms with Gasteiger partial charge in [-0.2, -0.15) is 0 Å². The van der Waals surface area contributed by atoms with Crippen LogP contribution in [-0.4, -0.2) is 66.9 Å². The molecular formula is C19H30FN3O. The number of likely N-dealkylation sites (N-methyl/N-ethyl adjacent to an activating group) is 1. The van der Waals surface area contributed by atoms with E-state index >= 15 is 0 Å². The first-order valence-corrected chi connectivity index (χ1v) is 8.82. The summed E-state index contributed by atoms with van der Waals surface area (Å²) in [4.78, 5) is 19.0. The normalized spacial score (nSPS) is 17.9. The Balaban J connectivity index is 1.82. The quantitative estimate of drug-likeness (QED) is 0.799. The summed E-state index contributed by atoms with van der Waals surface area (Å²) in [5.41, 5.74) is 0.953. The zero-order valence-corrected chi connectivity index (χ0v) is 15.3. The lowest BCUT2D eigenvalue weighted by molar-refractivity contribution is -0.133. The number of piperazine rings is 1. The number of hydrogen-bond acceptors (Lipinski definition) is 3. The van der Waals surface area contributed by atoms with Gasteiger partial charge in [0.15, 0.2) is 0 Å². The number of benzene rings is 1. The maximum atomic E-state index is 13.0. The minimum Gasteiger partial charge on any atom is -0.338 e. The number of rotatable bonds is 6. The predicted octanol–water partition coefficient (Wildman–Crippen LogP) is 2.62. The van der Waals surface area contributed by atoms with Gasteiger partial charge in [-0.15, -0.1) is 0 Å². The zero-order valence-electron chi connectivity index (χ0n) is 15.3. The second kappa shape index (κ2) is 8.58. The van der Waals surface area contributed by atoms with E-state index in [1.54, 1.807) is 17.0 Å². The van der Waals surface area contributed by atoms with Crippen molar-refractivity contribution < 1.29 is 9.18 Å². The lowest BCUT2D eigenvalue weighted by Crippen LogP contribution is -2.50. The summed E-state index contributed by atoms with van der Waals surface area (Å²) in [5.74, 6) is 0.546. The summed E-state index contributed by atoms with van der Waals surface area (Å²) >= 11 is 0. The molecule has 0 N–H and O–H groups in total. The Kier molecular flexibility index (Phi) is 6.75. The van der Waals surface area contributed by atoms with Gasteiger partial charge in [-0.25, -0.2) is 4.39 Å². The molecule has 2 rings (SSSR count). The molecule has 4 nitrogen and oxygen atoms in total. The Bertz CT molecular complexity index is 524. The molecule has 0 aromatic heterocycles. The molecule has 1 heterocycles. The predicted molar refractivity (Wildman–Crippen MR) is 95.3 cm³/mol. The second-order valence-corrected chi connectivity index (χ2v) is 7.20. The molecule has 0 radical (unpaired) electrons. The monoisotopic (exact) mass is 335 g/mol. The molecule has 5 heteroatoms. The van der Waals surface area contributed by atoms with Crippen LogP contribution in [0.25, 0.3) is 0 Å². The molecule has 1 aliphatic rings. The lowest BCUT2D eigenvalue weighted by Gasteiger charge is -2.36. The van der Waals surface area contributed by atoms with Gasteiger partial charge in [0.1, 0.15) is 5.82 Å². The van der Waals surface area contributed by atoms with Crippen molar-refractivity contribution in [3.8, 4) is 0 Å². The number of carbonyl (C=O) groups is 1. The van der Waals surface area contributed by atoms with Crippen molar-refractivity contribution >= 4 is 5.91 Å². The standard InChI is InChI=1S/C19H30FN3O/c1-15(2)13-22-9-11-23(12-10-22)14-19(24)21(4)16(3)17-5-7-18(20)8-6-17/h5-8,15-16H,9-14H2,1-4H3. The maximum absolute atomic E-state index is 13.0. The topological polar surface area (TPSA) is 26.8 Å². The summed E-state index contributed by atoms with van der Waals surface area (Å²) in [6.07, 6.45) is 0. The number of hydrogen-bond donors (Lipinski definition) is 0. The van der Waals surface area contributed by atoms with E-state index in [1.165, 1.54) is 12.1 Å². The van der Waals surface area contributed by atoms with Crippen LogP contribution < -0.4 is 0 Å². The highest BCUT2D eigenvalue weighted by Gasteiger charge is 2.23. The minimum atomic E-state index is -0.251. The van der Waals surface area contributed by atoms with Gasteiger partial charge < -0.3 is 9.80 Å². The molecule has 24 heavy (non-hydrogen) atoms. The van der Waals surface area contributed by atoms with Crippen molar-refractivity contribution in [1.29, 1.82) is 0 Å². The molecule has 1 aromatic rings. The summed E-state index contributed by atoms with van der Waals surface area (Å²) in [6.45, 7) is 12.0. The third-order valence-corrected chi connectivity index (χ3v) is 4.77. The average molecular weight is 335 g/mol. The van der Waals surface area contributed by atoms with Gasteiger partial charge in [-0.1, -0.05) is 26.0 Å². The van der Waals surface area contributed by atoms with E-state index in [9.17, 15) is 9.18 Å². The van der Waals surface area contributed by atoms with Crippen LogP contribution >= 0.6 is 0 Å². The summed E-state index contributed by atoms with van der Waals surface area (Å²) in [7, 11) is 1.82. The second-order valence-electron chi connectivity index (χ2n) is 7.20. The van der Waals surface area contributed by atoms with Crippen molar-refractivity contribution in [2.45, 2.75) is 26.8 Å². The third kappa shape index (κ3) is 5.28. The van der Waals surface area contributed by atoms with Crippen LogP contribution in [0.3, 0.4) is 0 Å². The van der Waals surface area contributed by atoms with Gasteiger partial charge in [0.05, 0.1) is 12.6 Å². The van der Waals surface area contributed by atoms with Gasteiger partial charge in [0, 0.05) is 39.8 Å². The smallest absolute Gasteiger partial charge is 0.236 e. The molecule has 134 valence electrons. The van der Waals surface area contributed by atoms with Crippen LogP contribution in [0.2, 0.25) is 0 Å². The summed E-state index contributed by atoms with van der Waals surface area (Å²) in [6, 6.07) is 6.32. The third-order valence-electron chi connectivity index (χ3n) is 4.77. The number of nitrogens with zero attached hydrogens (tertiary/aromatic N) is 3. The highest BCUT2D eigenvalue weighted by Crippen LogP contribution is 2.19. The maximum Gasteiger partial charge on any atom is 0.236 e. The van der Waals surface area contributed by atoms with Crippen molar-refractivity contribution in [2.24, 2.45) is 5.92 Å². The zero-order chi connectivity index (χ0) is 17.7. The molecule has 1 unspecified atom stereocenters. The first-order chi connectivity index (χ1) is 11.4. The van der Waals surface area contributed by atoms with Gasteiger partial charge in [-0.05, 0) is 30.5 Å². The van der Waals surface area contributed by atoms with E-state index in [0.717, 1.165) is 38.3 Å². The van der Waals surface area contributed by atoms with Crippen molar-refractivity contribution in [3.05, 3.63) is 35.6 Å². The van der Waals surface area contributed by atoms with Gasteiger partial charge in [0.25, 0.3) is 0 Å². The fourth-order valence-electron chi connectivity index (χ4n) is 3.13. The fraction of sp³-hybridized carbons (Fsp3) is 0.632. The van der Waals surface area contributed by atoms with Crippen LogP contribution in [-0.2, 0) is 4.79 Å². The van der Waals surface area contributed by atoms with Crippen LogP contribution in [0.4, 0.5) is 4.39 Å². The molecule has 0 bridgehead atoms. The fourth-order valence-corrected chi connectivity index (χ4v) is 3.13. The van der Waals surface area contributed by atoms with Crippen LogP contribution in [0, 0.1) is 11.7 Å². The van der Waals surface area contributed by atoms with Crippen LogP contribution in [0.15, 0.2) is 24.3 Å². The Morgan fingerprint density at radius 2 is 1.62 bits per heavy atom. The Morgan fingerprint density at radius 1 is 1.08 bits per heavy atom. The Morgan fingerprint density at radius 3 is 2.17 bits per heavy atom. The lowest BCUT2D eigenvalue weighted by atomic mass is 10.1. The van der Waals surface area contributed by atoms with Gasteiger partial charge in [0.2, 0.25) is 5.91 Å². The molecule has 1 fully saturated rings. The Hall–Kier alpha value is -1.46. The van der Waals surface area contributed by atoms with Gasteiger partial charge >= 0.3 is 0 Å². The molecule has 1 saturated heterocycles. The molecule has 0 spiro atoms. The van der Waals surface area contributed by atoms with Gasteiger partial charge in [-0.3, -0.25) is 9.69 Å². The molecule has 1 atom stereocenters. The minimum absolute atomic E-state index is 0.0552. The first-order valence-electron chi connectivity index (χ1n) is 8.82. The van der Waals surface area contributed by atoms with E-state index in [0.29, 0.717) is 12.5 Å². The number of carbonyl (C=O) groups excluding carboxylic acids is 1. The molecular weight excluding hydrogens is 305 g/mol. The van der Waals surface area contributed by atoms with Crippen molar-refractivity contribution in [3.63, 3.8) is 0 Å². The first kappa shape index (κ1) is 18.9. The van der Waals surface area contributed by atoms with E-state index in [-0.39, 0.29) is 17.8 Å². The largest absolute Gasteiger partial charge is 0.338 e. The SMILES string of the molecule is CC(C)CN1CCN(CC(=O)N(C)C(C)c2ccc(F)cc2)CC1. The molecule has 0 aliphatic carbocycles. The highest BCUT2D eigenvalue weighted by molar-refractivity contribution is 5.78. The number of amides is 1. The van der Waals surface area contributed by atoms with Crippen LogP contribution in [0.5, 0.6) is 0 Å². The molecule has 1 amide bonds. The van der Waals surface area contributed by atoms with Crippen molar-refractivity contribution in [2.75, 3.05) is 46.3 Å². The van der Waals surface area contributed by atoms with E-state index in [4.69, 9.17) is 0 Å². The van der Waals surface area contributed by atoms with E-state index in [1.807, 2.05) is 14.0 Å². The van der Waals surface area contributed by atoms with Crippen molar-refractivity contribution in [1.82, 2.24) is 14.7 Å². The molecule has 0 saturated carbocycles. The van der Waals surface area contributed by atoms with E-state index < -0.39 is 0 Å². The summed E-state index contributed by atoms with van der Waals surface area (Å²) in [5, 5.41) is 0. The molecule has 1 aromatic carbocycles. The highest BCUT2D eigenvalue weighted by atomic mass is 19.1. The van der Waals surface area contributed by atoms with Crippen LogP contribution in [0.1, 0.15) is 32.4 Å².